The van der Waals surface area contributed by atoms with E-state index in [4.69, 9.17) is 9.84 Å². The van der Waals surface area contributed by atoms with Crippen molar-refractivity contribution in [1.29, 1.82) is 0 Å². The van der Waals surface area contributed by atoms with Gasteiger partial charge in [-0.1, -0.05) is 0 Å². The summed E-state index contributed by atoms with van der Waals surface area (Å²) in [5.41, 5.74) is 0.348. The lowest BCUT2D eigenvalue weighted by Gasteiger charge is -2.18. The van der Waals surface area contributed by atoms with Crippen LogP contribution in [0.4, 0.5) is 10.5 Å². The van der Waals surface area contributed by atoms with Crippen LogP contribution >= 0.6 is 0 Å². The molecule has 20 heavy (non-hydrogen) atoms. The summed E-state index contributed by atoms with van der Waals surface area (Å²) in [4.78, 5) is 24.4. The SMILES string of the molecule is COc1ccc(C(=O)O)cc1NC(=O)N1CCC(O)C1. The number of likely N-dealkylation sites (tertiary alicyclic amines) is 1. The average Bonchev–Trinajstić information content (AvgIpc) is 2.85. The van der Waals surface area contributed by atoms with E-state index in [0.29, 0.717) is 24.4 Å². The first-order valence-corrected chi connectivity index (χ1v) is 6.16. The minimum atomic E-state index is -1.08. The van der Waals surface area contributed by atoms with Gasteiger partial charge in [-0.2, -0.15) is 0 Å². The van der Waals surface area contributed by atoms with Gasteiger partial charge in [0, 0.05) is 13.1 Å². The van der Waals surface area contributed by atoms with Gasteiger partial charge in [-0.15, -0.1) is 0 Å². The molecule has 1 heterocycles. The number of carbonyl (C=O) groups excluding carboxylic acids is 1. The van der Waals surface area contributed by atoms with Crippen molar-refractivity contribution in [3.8, 4) is 5.75 Å². The van der Waals surface area contributed by atoms with E-state index in [-0.39, 0.29) is 18.1 Å². The molecule has 1 fully saturated rings. The summed E-state index contributed by atoms with van der Waals surface area (Å²) in [5.74, 6) is -0.706. The van der Waals surface area contributed by atoms with Crippen LogP contribution in [0.15, 0.2) is 18.2 Å². The Balaban J connectivity index is 2.16. The number of aromatic carboxylic acids is 1. The zero-order valence-corrected chi connectivity index (χ0v) is 11.0. The summed E-state index contributed by atoms with van der Waals surface area (Å²) in [6.07, 6.45) is 0.0349. The van der Waals surface area contributed by atoms with Gasteiger partial charge >= 0.3 is 12.0 Å². The average molecular weight is 280 g/mol. The predicted molar refractivity (Wildman–Crippen MR) is 71.2 cm³/mol. The third-order valence-electron chi connectivity index (χ3n) is 3.14. The smallest absolute Gasteiger partial charge is 0.335 e. The molecule has 2 amide bonds. The Bertz CT molecular complexity index is 531. The number of urea groups is 1. The highest BCUT2D eigenvalue weighted by atomic mass is 16.5. The fraction of sp³-hybridized carbons (Fsp3) is 0.385. The number of nitrogens with one attached hydrogen (secondary N) is 1. The fourth-order valence-electron chi connectivity index (χ4n) is 2.06. The Labute approximate surface area is 115 Å². The summed E-state index contributed by atoms with van der Waals surface area (Å²) < 4.78 is 5.09. The molecule has 0 saturated carbocycles. The maximum Gasteiger partial charge on any atom is 0.335 e. The van der Waals surface area contributed by atoms with Gasteiger partial charge in [0.25, 0.3) is 0 Å². The second-order valence-electron chi connectivity index (χ2n) is 4.54. The van der Waals surface area contributed by atoms with Gasteiger partial charge in [0.1, 0.15) is 5.75 Å². The number of rotatable bonds is 3. The van der Waals surface area contributed by atoms with Crippen molar-refractivity contribution in [3.05, 3.63) is 23.8 Å². The zero-order valence-electron chi connectivity index (χ0n) is 11.0. The number of β-amino-alcohol motifs (C(OH)–C–C–N with tert-alkyl or cyclic N) is 1. The van der Waals surface area contributed by atoms with E-state index in [1.807, 2.05) is 0 Å². The molecular weight excluding hydrogens is 264 g/mol. The molecular formula is C13H16N2O5. The van der Waals surface area contributed by atoms with E-state index in [2.05, 4.69) is 5.32 Å². The fourth-order valence-corrected chi connectivity index (χ4v) is 2.06. The molecule has 0 aliphatic carbocycles. The van der Waals surface area contributed by atoms with E-state index >= 15 is 0 Å². The number of hydrogen-bond acceptors (Lipinski definition) is 4. The van der Waals surface area contributed by atoms with Crippen LogP contribution in [0.25, 0.3) is 0 Å². The van der Waals surface area contributed by atoms with Gasteiger partial charge in [0.2, 0.25) is 0 Å². The Morgan fingerprint density at radius 1 is 1.45 bits per heavy atom. The second-order valence-corrected chi connectivity index (χ2v) is 4.54. The molecule has 1 atom stereocenters. The number of aliphatic hydroxyl groups excluding tert-OH is 1. The van der Waals surface area contributed by atoms with Gasteiger partial charge in [0.15, 0.2) is 0 Å². The lowest BCUT2D eigenvalue weighted by molar-refractivity contribution is 0.0697. The van der Waals surface area contributed by atoms with Crippen molar-refractivity contribution in [2.75, 3.05) is 25.5 Å². The Hall–Kier alpha value is -2.28. The van der Waals surface area contributed by atoms with Crippen LogP contribution in [-0.4, -0.2) is 53.4 Å². The normalized spacial score (nSPS) is 17.9. The van der Waals surface area contributed by atoms with Crippen LogP contribution in [0, 0.1) is 0 Å². The van der Waals surface area contributed by atoms with Crippen LogP contribution in [0.1, 0.15) is 16.8 Å². The van der Waals surface area contributed by atoms with E-state index in [0.717, 1.165) is 0 Å². The summed E-state index contributed by atoms with van der Waals surface area (Å²) >= 11 is 0. The molecule has 1 aromatic rings. The molecule has 108 valence electrons. The molecule has 1 saturated heterocycles. The minimum Gasteiger partial charge on any atom is -0.495 e. The number of methoxy groups -OCH3 is 1. The van der Waals surface area contributed by atoms with Crippen LogP contribution < -0.4 is 10.1 Å². The quantitative estimate of drug-likeness (QED) is 0.767. The molecule has 0 aromatic heterocycles. The van der Waals surface area contributed by atoms with E-state index in [9.17, 15) is 14.7 Å². The molecule has 0 spiro atoms. The van der Waals surface area contributed by atoms with Gasteiger partial charge in [-0.3, -0.25) is 0 Å². The van der Waals surface area contributed by atoms with Gasteiger partial charge in [-0.05, 0) is 24.6 Å². The van der Waals surface area contributed by atoms with Crippen molar-refractivity contribution in [2.24, 2.45) is 0 Å². The van der Waals surface area contributed by atoms with Gasteiger partial charge in [-0.25, -0.2) is 9.59 Å². The number of benzene rings is 1. The molecule has 1 aliphatic heterocycles. The molecule has 1 aliphatic rings. The van der Waals surface area contributed by atoms with Gasteiger partial charge < -0.3 is 25.2 Å². The number of hydrogen-bond donors (Lipinski definition) is 3. The first-order valence-electron chi connectivity index (χ1n) is 6.16. The number of nitrogens with zero attached hydrogens (tertiary/aromatic N) is 1. The highest BCUT2D eigenvalue weighted by Gasteiger charge is 2.25. The molecule has 1 unspecified atom stereocenters. The molecule has 2 rings (SSSR count). The van der Waals surface area contributed by atoms with Gasteiger partial charge in [0.05, 0.1) is 24.5 Å². The first-order chi connectivity index (χ1) is 9.51. The Kier molecular flexibility index (Phi) is 4.09. The van der Waals surface area contributed by atoms with Crippen LogP contribution in [0.3, 0.4) is 0 Å². The summed E-state index contributed by atoms with van der Waals surface area (Å²) in [6, 6.07) is 3.84. The molecule has 3 N–H and O–H groups in total. The Morgan fingerprint density at radius 2 is 2.20 bits per heavy atom. The van der Waals surface area contributed by atoms with Crippen molar-refractivity contribution in [2.45, 2.75) is 12.5 Å². The maximum atomic E-state index is 12.0. The van der Waals surface area contributed by atoms with Crippen LogP contribution in [0.2, 0.25) is 0 Å². The number of carboxylic acids is 1. The van der Waals surface area contributed by atoms with Crippen LogP contribution in [-0.2, 0) is 0 Å². The third-order valence-corrected chi connectivity index (χ3v) is 3.14. The molecule has 7 nitrogen and oxygen atoms in total. The van der Waals surface area contributed by atoms with E-state index in [1.165, 1.54) is 30.2 Å². The first kappa shape index (κ1) is 14.1. The van der Waals surface area contributed by atoms with Crippen molar-refractivity contribution in [1.82, 2.24) is 4.90 Å². The van der Waals surface area contributed by atoms with Crippen molar-refractivity contribution < 1.29 is 24.5 Å². The number of ether oxygens (including phenoxy) is 1. The third kappa shape index (κ3) is 3.00. The van der Waals surface area contributed by atoms with Crippen molar-refractivity contribution >= 4 is 17.7 Å². The second kappa shape index (κ2) is 5.79. The Morgan fingerprint density at radius 3 is 2.75 bits per heavy atom. The van der Waals surface area contributed by atoms with E-state index < -0.39 is 12.1 Å². The highest BCUT2D eigenvalue weighted by Crippen LogP contribution is 2.26. The summed E-state index contributed by atoms with van der Waals surface area (Å²) in [7, 11) is 1.44. The number of aliphatic hydroxyl groups is 1. The maximum absolute atomic E-state index is 12.0. The lowest BCUT2D eigenvalue weighted by atomic mass is 10.2. The minimum absolute atomic E-state index is 0.0579. The molecule has 1 aromatic carbocycles. The van der Waals surface area contributed by atoms with Crippen molar-refractivity contribution in [3.63, 3.8) is 0 Å². The zero-order chi connectivity index (χ0) is 14.7. The predicted octanol–water partition coefficient (Wildman–Crippen LogP) is 0.992. The number of anilines is 1. The highest BCUT2D eigenvalue weighted by molar-refractivity contribution is 5.95. The van der Waals surface area contributed by atoms with Crippen LogP contribution in [0.5, 0.6) is 5.75 Å². The lowest BCUT2D eigenvalue weighted by Crippen LogP contribution is -2.33. The van der Waals surface area contributed by atoms with E-state index in [1.54, 1.807) is 0 Å². The topological polar surface area (TPSA) is 99.1 Å². The number of carboxylic acid groups (broad SMARTS) is 1. The monoisotopic (exact) mass is 280 g/mol. The summed E-state index contributed by atoms with van der Waals surface area (Å²) in [5, 5.41) is 21.0. The molecule has 0 radical (unpaired) electrons. The molecule has 0 bridgehead atoms. The standard InChI is InChI=1S/C13H16N2O5/c1-20-11-3-2-8(12(17)18)6-10(11)14-13(19)15-5-4-9(16)7-15/h2-3,6,9,16H,4-5,7H2,1H3,(H,14,19)(H,17,18). The summed E-state index contributed by atoms with van der Waals surface area (Å²) in [6.45, 7) is 0.737. The number of carbonyl (C=O) groups is 2. The number of amides is 2. The largest absolute Gasteiger partial charge is 0.495 e. The molecule has 7 heteroatoms.